The van der Waals surface area contributed by atoms with Crippen molar-refractivity contribution < 1.29 is 9.53 Å². The number of rotatable bonds is 5. The van der Waals surface area contributed by atoms with Gasteiger partial charge < -0.3 is 15.0 Å². The molecule has 2 aromatic heterocycles. The Balaban J connectivity index is 1.62. The van der Waals surface area contributed by atoms with Crippen molar-refractivity contribution in [3.8, 4) is 5.88 Å². The van der Waals surface area contributed by atoms with E-state index in [1.54, 1.807) is 12.1 Å². The Labute approximate surface area is 133 Å². The third-order valence-corrected chi connectivity index (χ3v) is 3.25. The molecule has 0 fully saturated rings. The molecule has 1 amide bonds. The second kappa shape index (κ2) is 6.48. The number of aromatic nitrogens is 3. The Kier molecular flexibility index (Phi) is 4.23. The summed E-state index contributed by atoms with van der Waals surface area (Å²) < 4.78 is 5.41. The minimum atomic E-state index is -0.136. The first-order valence-corrected chi connectivity index (χ1v) is 7.46. The number of nitrogens with one attached hydrogen (secondary N) is 2. The molecule has 0 aliphatic carbocycles. The van der Waals surface area contributed by atoms with Crippen molar-refractivity contribution in [3.05, 3.63) is 48.2 Å². The molecule has 0 atom stereocenters. The lowest BCUT2D eigenvalue weighted by molar-refractivity contribution is -0.115. The molecule has 1 aromatic carbocycles. The predicted molar refractivity (Wildman–Crippen MR) is 88.4 cm³/mol. The van der Waals surface area contributed by atoms with Crippen molar-refractivity contribution in [2.45, 2.75) is 26.4 Å². The van der Waals surface area contributed by atoms with E-state index in [1.807, 2.05) is 44.3 Å². The highest BCUT2D eigenvalue weighted by atomic mass is 16.5. The van der Waals surface area contributed by atoms with E-state index in [2.05, 4.69) is 20.5 Å². The maximum atomic E-state index is 12.1. The van der Waals surface area contributed by atoms with Gasteiger partial charge in [0.05, 0.1) is 12.5 Å². The van der Waals surface area contributed by atoms with Crippen LogP contribution in [0.3, 0.4) is 0 Å². The van der Waals surface area contributed by atoms with E-state index in [4.69, 9.17) is 4.74 Å². The Morgan fingerprint density at radius 3 is 2.83 bits per heavy atom. The van der Waals surface area contributed by atoms with Gasteiger partial charge in [-0.3, -0.25) is 4.79 Å². The molecule has 0 radical (unpaired) electrons. The number of benzene rings is 1. The smallest absolute Gasteiger partial charge is 0.233 e. The van der Waals surface area contributed by atoms with Crippen molar-refractivity contribution in [1.82, 2.24) is 15.2 Å². The van der Waals surface area contributed by atoms with E-state index in [0.29, 0.717) is 11.7 Å². The van der Waals surface area contributed by atoms with Crippen molar-refractivity contribution in [2.75, 3.05) is 5.32 Å². The molecule has 3 rings (SSSR count). The summed E-state index contributed by atoms with van der Waals surface area (Å²) in [4.78, 5) is 15.2. The Morgan fingerprint density at radius 1 is 1.22 bits per heavy atom. The monoisotopic (exact) mass is 310 g/mol. The molecule has 6 heteroatoms. The summed E-state index contributed by atoms with van der Waals surface area (Å²) in [7, 11) is 0. The molecular weight excluding hydrogens is 292 g/mol. The molecule has 0 saturated carbocycles. The van der Waals surface area contributed by atoms with Crippen LogP contribution in [0.2, 0.25) is 0 Å². The molecule has 0 spiro atoms. The number of aromatic amines is 1. The molecule has 0 bridgehead atoms. The van der Waals surface area contributed by atoms with Gasteiger partial charge in [-0.05, 0) is 43.0 Å². The van der Waals surface area contributed by atoms with Gasteiger partial charge in [0.25, 0.3) is 0 Å². The molecule has 0 aliphatic rings. The standard InChI is InChI=1S/C17H18N4O2/c1-11(2)23-17-6-5-15(20-21-17)19-16(22)10-12-3-4-13-7-8-18-14(13)9-12/h3-9,11,18H,10H2,1-2H3,(H,19,20,22). The number of carbonyl (C=O) groups is 1. The van der Waals surface area contributed by atoms with Crippen LogP contribution >= 0.6 is 0 Å². The third kappa shape index (κ3) is 3.85. The van der Waals surface area contributed by atoms with Crippen LogP contribution in [0, 0.1) is 0 Å². The topological polar surface area (TPSA) is 79.9 Å². The zero-order valence-corrected chi connectivity index (χ0v) is 13.0. The Morgan fingerprint density at radius 2 is 2.09 bits per heavy atom. The number of ether oxygens (including phenoxy) is 1. The second-order valence-corrected chi connectivity index (χ2v) is 5.55. The SMILES string of the molecule is CC(C)Oc1ccc(NC(=O)Cc2ccc3cc[nH]c3c2)nn1. The van der Waals surface area contributed by atoms with Crippen LogP contribution < -0.4 is 10.1 Å². The van der Waals surface area contributed by atoms with Crippen molar-refractivity contribution in [3.63, 3.8) is 0 Å². The lowest BCUT2D eigenvalue weighted by Crippen LogP contribution is -2.16. The first-order chi connectivity index (χ1) is 11.1. The minimum Gasteiger partial charge on any atom is -0.474 e. The van der Waals surface area contributed by atoms with E-state index in [-0.39, 0.29) is 18.4 Å². The molecule has 0 aliphatic heterocycles. The molecule has 3 aromatic rings. The Hall–Kier alpha value is -2.89. The summed E-state index contributed by atoms with van der Waals surface area (Å²) in [6, 6.07) is 11.3. The molecule has 0 unspecified atom stereocenters. The van der Waals surface area contributed by atoms with Gasteiger partial charge in [0.1, 0.15) is 0 Å². The summed E-state index contributed by atoms with van der Waals surface area (Å²) in [5.74, 6) is 0.713. The summed E-state index contributed by atoms with van der Waals surface area (Å²) in [5.41, 5.74) is 1.95. The minimum absolute atomic E-state index is 0.0349. The lowest BCUT2D eigenvalue weighted by atomic mass is 10.1. The van der Waals surface area contributed by atoms with Gasteiger partial charge in [-0.25, -0.2) is 0 Å². The summed E-state index contributed by atoms with van der Waals surface area (Å²) in [6.07, 6.45) is 2.19. The van der Waals surface area contributed by atoms with Crippen molar-refractivity contribution in [1.29, 1.82) is 0 Å². The number of H-pyrrole nitrogens is 1. The third-order valence-electron chi connectivity index (χ3n) is 3.25. The van der Waals surface area contributed by atoms with E-state index in [1.165, 1.54) is 0 Å². The average molecular weight is 310 g/mol. The summed E-state index contributed by atoms with van der Waals surface area (Å²) >= 11 is 0. The van der Waals surface area contributed by atoms with Crippen molar-refractivity contribution >= 4 is 22.6 Å². The maximum absolute atomic E-state index is 12.1. The zero-order valence-electron chi connectivity index (χ0n) is 13.0. The number of hydrogen-bond donors (Lipinski definition) is 2. The normalized spacial score (nSPS) is 10.9. The summed E-state index contributed by atoms with van der Waals surface area (Å²) in [5, 5.41) is 11.7. The van der Waals surface area contributed by atoms with Gasteiger partial charge in [0, 0.05) is 17.8 Å². The number of nitrogens with zero attached hydrogens (tertiary/aromatic N) is 2. The van der Waals surface area contributed by atoms with E-state index >= 15 is 0 Å². The van der Waals surface area contributed by atoms with Gasteiger partial charge in [0.15, 0.2) is 5.82 Å². The van der Waals surface area contributed by atoms with Crippen LogP contribution in [0.15, 0.2) is 42.6 Å². The van der Waals surface area contributed by atoms with Crippen LogP contribution in [0.1, 0.15) is 19.4 Å². The van der Waals surface area contributed by atoms with Crippen molar-refractivity contribution in [2.24, 2.45) is 0 Å². The second-order valence-electron chi connectivity index (χ2n) is 5.55. The van der Waals surface area contributed by atoms with Crippen LogP contribution in [0.5, 0.6) is 5.88 Å². The fraction of sp³-hybridized carbons (Fsp3) is 0.235. The zero-order chi connectivity index (χ0) is 16.2. The first-order valence-electron chi connectivity index (χ1n) is 7.46. The fourth-order valence-corrected chi connectivity index (χ4v) is 2.27. The van der Waals surface area contributed by atoms with E-state index in [9.17, 15) is 4.79 Å². The number of anilines is 1. The first kappa shape index (κ1) is 15.0. The van der Waals surface area contributed by atoms with E-state index < -0.39 is 0 Å². The van der Waals surface area contributed by atoms with Gasteiger partial charge in [-0.15, -0.1) is 10.2 Å². The molecule has 6 nitrogen and oxygen atoms in total. The van der Waals surface area contributed by atoms with Crippen LogP contribution in [-0.4, -0.2) is 27.2 Å². The number of carbonyl (C=O) groups excluding carboxylic acids is 1. The quantitative estimate of drug-likeness (QED) is 0.759. The van der Waals surface area contributed by atoms with Gasteiger partial charge in [0.2, 0.25) is 11.8 Å². The number of fused-ring (bicyclic) bond motifs is 1. The van der Waals surface area contributed by atoms with E-state index in [0.717, 1.165) is 16.5 Å². The molecule has 2 N–H and O–H groups in total. The lowest BCUT2D eigenvalue weighted by Gasteiger charge is -2.08. The van der Waals surface area contributed by atoms with Gasteiger partial charge in [-0.2, -0.15) is 0 Å². The highest BCUT2D eigenvalue weighted by molar-refractivity contribution is 5.92. The average Bonchev–Trinajstić information content (AvgIpc) is 2.96. The maximum Gasteiger partial charge on any atom is 0.233 e. The molecule has 118 valence electrons. The molecular formula is C17H18N4O2. The molecule has 2 heterocycles. The van der Waals surface area contributed by atoms with Crippen LogP contribution in [0.25, 0.3) is 10.9 Å². The Bertz CT molecular complexity index is 809. The van der Waals surface area contributed by atoms with Crippen LogP contribution in [-0.2, 0) is 11.2 Å². The molecule has 23 heavy (non-hydrogen) atoms. The van der Waals surface area contributed by atoms with Crippen LogP contribution in [0.4, 0.5) is 5.82 Å². The summed E-state index contributed by atoms with van der Waals surface area (Å²) in [6.45, 7) is 3.83. The van der Waals surface area contributed by atoms with Gasteiger partial charge in [-0.1, -0.05) is 12.1 Å². The number of hydrogen-bond acceptors (Lipinski definition) is 4. The highest BCUT2D eigenvalue weighted by Crippen LogP contribution is 2.15. The predicted octanol–water partition coefficient (Wildman–Crippen LogP) is 2.93. The molecule has 0 saturated heterocycles. The fourth-order valence-electron chi connectivity index (χ4n) is 2.27. The largest absolute Gasteiger partial charge is 0.474 e. The van der Waals surface area contributed by atoms with Gasteiger partial charge >= 0.3 is 0 Å². The number of amides is 1. The highest BCUT2D eigenvalue weighted by Gasteiger charge is 2.07.